The van der Waals surface area contributed by atoms with Crippen LogP contribution in [0.1, 0.15) is 51.9 Å². The lowest BCUT2D eigenvalue weighted by Crippen LogP contribution is -2.29. The molecule has 1 aliphatic rings. The molecule has 1 fully saturated rings. The monoisotopic (exact) mass is 291 g/mol. The van der Waals surface area contributed by atoms with Gasteiger partial charge >= 0.3 is 0 Å². The molecule has 19 heavy (non-hydrogen) atoms. The van der Waals surface area contributed by atoms with Crippen LogP contribution in [0.4, 0.5) is 0 Å². The molecule has 0 aromatic carbocycles. The highest BCUT2D eigenvalue weighted by Gasteiger charge is 2.16. The summed E-state index contributed by atoms with van der Waals surface area (Å²) in [6.07, 6.45) is 7.93. The average Bonchev–Trinajstić information content (AvgIpc) is 2.43. The smallest absolute Gasteiger partial charge is 0.150 e. The molecule has 2 atom stereocenters. The number of ether oxygens (including phenoxy) is 1. The molecule has 1 heterocycles. The first kappa shape index (κ1) is 16.9. The zero-order valence-electron chi connectivity index (χ0n) is 12.4. The maximum absolute atomic E-state index is 11.4. The molecular weight excluding hydrogens is 262 g/mol. The van der Waals surface area contributed by atoms with Gasteiger partial charge in [-0.05, 0) is 52.0 Å². The summed E-state index contributed by atoms with van der Waals surface area (Å²) in [6, 6.07) is 0.414. The van der Waals surface area contributed by atoms with Gasteiger partial charge in [0.1, 0.15) is 9.84 Å². The van der Waals surface area contributed by atoms with Gasteiger partial charge in [0.15, 0.2) is 0 Å². The average molecular weight is 291 g/mol. The Morgan fingerprint density at radius 2 is 2.11 bits per heavy atom. The zero-order valence-corrected chi connectivity index (χ0v) is 13.2. The van der Waals surface area contributed by atoms with Gasteiger partial charge in [0, 0.05) is 18.4 Å². The van der Waals surface area contributed by atoms with Crippen molar-refractivity contribution < 1.29 is 13.2 Å². The highest BCUT2D eigenvalue weighted by Crippen LogP contribution is 2.18. The summed E-state index contributed by atoms with van der Waals surface area (Å²) in [6.45, 7) is 2.62. The van der Waals surface area contributed by atoms with Crippen molar-refractivity contribution >= 4 is 9.84 Å². The van der Waals surface area contributed by atoms with Gasteiger partial charge in [0.2, 0.25) is 0 Å². The molecule has 1 aliphatic heterocycles. The van der Waals surface area contributed by atoms with Gasteiger partial charge in [-0.25, -0.2) is 8.42 Å². The van der Waals surface area contributed by atoms with Gasteiger partial charge in [0.25, 0.3) is 0 Å². The standard InChI is InChI=1S/C14H29NO3S/c1-3-19(16,17)12-6-7-13(15-2)9-10-14-8-4-5-11-18-14/h13-15H,3-12H2,1-2H3. The fraction of sp³-hybridized carbons (Fsp3) is 1.00. The molecule has 4 nitrogen and oxygen atoms in total. The van der Waals surface area contributed by atoms with Gasteiger partial charge in [-0.3, -0.25) is 0 Å². The molecule has 1 N–H and O–H groups in total. The first-order chi connectivity index (χ1) is 9.07. The topological polar surface area (TPSA) is 55.4 Å². The minimum atomic E-state index is -2.81. The minimum Gasteiger partial charge on any atom is -0.378 e. The second-order valence-corrected chi connectivity index (χ2v) is 7.90. The van der Waals surface area contributed by atoms with Crippen molar-refractivity contribution in [3.8, 4) is 0 Å². The molecule has 0 saturated carbocycles. The summed E-state index contributed by atoms with van der Waals surface area (Å²) >= 11 is 0. The van der Waals surface area contributed by atoms with E-state index in [1.165, 1.54) is 19.3 Å². The normalized spacial score (nSPS) is 22.3. The van der Waals surface area contributed by atoms with Crippen LogP contribution in [0.2, 0.25) is 0 Å². The first-order valence-electron chi connectivity index (χ1n) is 7.56. The Hall–Kier alpha value is -0.130. The van der Waals surface area contributed by atoms with Gasteiger partial charge < -0.3 is 10.1 Å². The van der Waals surface area contributed by atoms with Gasteiger partial charge in [-0.1, -0.05) is 6.92 Å². The van der Waals surface area contributed by atoms with Crippen molar-refractivity contribution in [3.63, 3.8) is 0 Å². The Labute approximate surface area is 118 Å². The summed E-state index contributed by atoms with van der Waals surface area (Å²) in [5.41, 5.74) is 0. The number of hydrogen-bond acceptors (Lipinski definition) is 4. The van der Waals surface area contributed by atoms with Crippen LogP contribution < -0.4 is 5.32 Å². The molecule has 2 unspecified atom stereocenters. The first-order valence-corrected chi connectivity index (χ1v) is 9.39. The summed E-state index contributed by atoms with van der Waals surface area (Å²) in [5, 5.41) is 3.30. The quantitative estimate of drug-likeness (QED) is 0.707. The predicted octanol–water partition coefficient (Wildman–Crippen LogP) is 2.14. The number of nitrogens with one attached hydrogen (secondary N) is 1. The molecule has 1 rings (SSSR count). The third-order valence-corrected chi connectivity index (χ3v) is 5.76. The maximum Gasteiger partial charge on any atom is 0.150 e. The van der Waals surface area contributed by atoms with Crippen LogP contribution >= 0.6 is 0 Å². The van der Waals surface area contributed by atoms with Gasteiger partial charge in [-0.2, -0.15) is 0 Å². The van der Waals surface area contributed by atoms with Crippen LogP contribution in [0.25, 0.3) is 0 Å². The predicted molar refractivity (Wildman–Crippen MR) is 79.2 cm³/mol. The Morgan fingerprint density at radius 1 is 1.32 bits per heavy atom. The molecule has 0 aromatic rings. The Balaban J connectivity index is 2.18. The number of rotatable bonds is 9. The summed E-state index contributed by atoms with van der Waals surface area (Å²) in [7, 11) is -0.852. The highest BCUT2D eigenvalue weighted by molar-refractivity contribution is 7.91. The van der Waals surface area contributed by atoms with E-state index in [1.807, 2.05) is 7.05 Å². The lowest BCUT2D eigenvalue weighted by molar-refractivity contribution is 0.00856. The third kappa shape index (κ3) is 7.28. The van der Waals surface area contributed by atoms with Crippen LogP contribution in [0.5, 0.6) is 0 Å². The summed E-state index contributed by atoms with van der Waals surface area (Å²) in [5.74, 6) is 0.578. The lowest BCUT2D eigenvalue weighted by atomic mass is 9.99. The third-order valence-electron chi connectivity index (χ3n) is 3.97. The summed E-state index contributed by atoms with van der Waals surface area (Å²) < 4.78 is 28.6. The number of sulfone groups is 1. The van der Waals surface area contributed by atoms with Crippen molar-refractivity contribution in [1.29, 1.82) is 0 Å². The van der Waals surface area contributed by atoms with Crippen LogP contribution in [0, 0.1) is 0 Å². The van der Waals surface area contributed by atoms with Crippen LogP contribution in [0.15, 0.2) is 0 Å². The van der Waals surface area contributed by atoms with Crippen molar-refractivity contribution in [2.75, 3.05) is 25.2 Å². The maximum atomic E-state index is 11.4. The lowest BCUT2D eigenvalue weighted by Gasteiger charge is -2.24. The fourth-order valence-electron chi connectivity index (χ4n) is 2.55. The highest BCUT2D eigenvalue weighted by atomic mass is 32.2. The van der Waals surface area contributed by atoms with Gasteiger partial charge in [-0.15, -0.1) is 0 Å². The van der Waals surface area contributed by atoms with E-state index in [0.717, 1.165) is 32.3 Å². The zero-order chi connectivity index (χ0) is 14.1. The molecule has 0 aromatic heterocycles. The second-order valence-electron chi connectivity index (χ2n) is 5.43. The molecule has 1 saturated heterocycles. The van der Waals surface area contributed by atoms with Crippen molar-refractivity contribution in [2.24, 2.45) is 0 Å². The van der Waals surface area contributed by atoms with E-state index in [9.17, 15) is 8.42 Å². The van der Waals surface area contributed by atoms with E-state index >= 15 is 0 Å². The second kappa shape index (κ2) is 8.93. The number of hydrogen-bond donors (Lipinski definition) is 1. The van der Waals surface area contributed by atoms with E-state index in [-0.39, 0.29) is 5.75 Å². The molecule has 0 bridgehead atoms. The van der Waals surface area contributed by atoms with E-state index in [1.54, 1.807) is 6.92 Å². The van der Waals surface area contributed by atoms with Crippen molar-refractivity contribution in [1.82, 2.24) is 5.32 Å². The Bertz CT molecular complexity index is 324. The molecule has 0 radical (unpaired) electrons. The Kier molecular flexibility index (Phi) is 7.95. The Morgan fingerprint density at radius 3 is 2.68 bits per heavy atom. The van der Waals surface area contributed by atoms with Crippen LogP contribution in [-0.2, 0) is 14.6 Å². The largest absolute Gasteiger partial charge is 0.378 e. The molecule has 114 valence electrons. The van der Waals surface area contributed by atoms with Gasteiger partial charge in [0.05, 0.1) is 11.9 Å². The van der Waals surface area contributed by atoms with Crippen molar-refractivity contribution in [2.45, 2.75) is 64.0 Å². The van der Waals surface area contributed by atoms with Crippen molar-refractivity contribution in [3.05, 3.63) is 0 Å². The summed E-state index contributed by atoms with van der Waals surface area (Å²) in [4.78, 5) is 0. The van der Waals surface area contributed by atoms with E-state index in [2.05, 4.69) is 5.32 Å². The molecule has 0 aliphatic carbocycles. The van der Waals surface area contributed by atoms with Crippen LogP contribution in [-0.4, -0.2) is 45.7 Å². The fourth-order valence-corrected chi connectivity index (χ4v) is 3.44. The molecular formula is C14H29NO3S. The molecule has 0 amide bonds. The molecule has 0 spiro atoms. The van der Waals surface area contributed by atoms with E-state index in [4.69, 9.17) is 4.74 Å². The van der Waals surface area contributed by atoms with Crippen LogP contribution in [0.3, 0.4) is 0 Å². The minimum absolute atomic E-state index is 0.257. The SMILES string of the molecule is CCS(=O)(=O)CCCC(CCC1CCCCO1)NC. The van der Waals surface area contributed by atoms with E-state index < -0.39 is 9.84 Å². The van der Waals surface area contributed by atoms with E-state index in [0.29, 0.717) is 17.9 Å². The molecule has 5 heteroatoms.